The van der Waals surface area contributed by atoms with Crippen molar-refractivity contribution in [1.82, 2.24) is 5.32 Å². The van der Waals surface area contributed by atoms with Gasteiger partial charge in [0, 0.05) is 34.6 Å². The van der Waals surface area contributed by atoms with Gasteiger partial charge in [0.1, 0.15) is 0 Å². The third-order valence-electron chi connectivity index (χ3n) is 3.00. The van der Waals surface area contributed by atoms with Crippen molar-refractivity contribution in [2.24, 2.45) is 0 Å². The van der Waals surface area contributed by atoms with E-state index in [0.29, 0.717) is 6.04 Å². The summed E-state index contributed by atoms with van der Waals surface area (Å²) in [6, 6.07) is 7.00. The van der Waals surface area contributed by atoms with E-state index in [-0.39, 0.29) is 0 Å². The normalized spacial score (nSPS) is 21.2. The number of halogens is 2. The highest BCUT2D eigenvalue weighted by Crippen LogP contribution is 2.30. The fraction of sp³-hybridized carbons (Fsp3) is 0.500. The topological polar surface area (TPSA) is 15.3 Å². The second-order valence-corrected chi connectivity index (χ2v) is 5.87. The first-order valence-corrected chi connectivity index (χ1v) is 7.22. The molecule has 0 spiro atoms. The van der Waals surface area contributed by atoms with Crippen LogP contribution < -0.4 is 10.2 Å². The van der Waals surface area contributed by atoms with Crippen LogP contribution in [-0.4, -0.2) is 25.7 Å². The van der Waals surface area contributed by atoms with Gasteiger partial charge < -0.3 is 10.2 Å². The molecule has 1 fully saturated rings. The zero-order valence-electron chi connectivity index (χ0n) is 9.34. The first kappa shape index (κ1) is 12.4. The molecule has 1 heterocycles. The summed E-state index contributed by atoms with van der Waals surface area (Å²) in [5.74, 6) is 0. The predicted octanol–water partition coefficient (Wildman–Crippen LogP) is 3.40. The van der Waals surface area contributed by atoms with Crippen molar-refractivity contribution in [3.8, 4) is 0 Å². The van der Waals surface area contributed by atoms with Gasteiger partial charge in [0.2, 0.25) is 0 Å². The van der Waals surface area contributed by atoms with Gasteiger partial charge in [-0.15, -0.1) is 0 Å². The van der Waals surface area contributed by atoms with E-state index >= 15 is 0 Å². The molecular formula is C12H16Br2N2. The first-order valence-electron chi connectivity index (χ1n) is 5.64. The minimum absolute atomic E-state index is 0.615. The van der Waals surface area contributed by atoms with Crippen LogP contribution in [-0.2, 0) is 0 Å². The van der Waals surface area contributed by atoms with Crippen molar-refractivity contribution < 1.29 is 0 Å². The number of nitrogens with zero attached hydrogens (tertiary/aromatic N) is 1. The molecule has 1 N–H and O–H groups in total. The Morgan fingerprint density at radius 2 is 2.25 bits per heavy atom. The third-order valence-corrected chi connectivity index (χ3v) is 4.13. The smallest absolute Gasteiger partial charge is 0.0512 e. The van der Waals surface area contributed by atoms with Crippen LogP contribution in [0, 0.1) is 0 Å². The van der Waals surface area contributed by atoms with Gasteiger partial charge in [0.15, 0.2) is 0 Å². The van der Waals surface area contributed by atoms with Gasteiger partial charge in [-0.2, -0.15) is 0 Å². The number of piperazine rings is 1. The Labute approximate surface area is 114 Å². The van der Waals surface area contributed by atoms with Crippen LogP contribution in [0.3, 0.4) is 0 Å². The quantitative estimate of drug-likeness (QED) is 0.882. The summed E-state index contributed by atoms with van der Waals surface area (Å²) in [6.45, 7) is 5.48. The largest absolute Gasteiger partial charge is 0.368 e. The number of hydrogen-bond donors (Lipinski definition) is 1. The van der Waals surface area contributed by atoms with Gasteiger partial charge in [-0.25, -0.2) is 0 Å². The molecule has 88 valence electrons. The number of hydrogen-bond acceptors (Lipinski definition) is 2. The van der Waals surface area contributed by atoms with Crippen LogP contribution in [0.4, 0.5) is 5.69 Å². The number of benzene rings is 1. The second kappa shape index (κ2) is 5.52. The highest BCUT2D eigenvalue weighted by atomic mass is 79.9. The average molecular weight is 348 g/mol. The van der Waals surface area contributed by atoms with Crippen molar-refractivity contribution >= 4 is 37.5 Å². The Morgan fingerprint density at radius 1 is 1.44 bits per heavy atom. The first-order chi connectivity index (χ1) is 7.70. The molecule has 0 radical (unpaired) electrons. The zero-order chi connectivity index (χ0) is 11.5. The van der Waals surface area contributed by atoms with E-state index in [0.717, 1.165) is 24.1 Å². The molecule has 1 atom stereocenters. The van der Waals surface area contributed by atoms with E-state index in [1.54, 1.807) is 0 Å². The standard InChI is InChI=1S/C12H16Br2N2/c1-2-10-8-16(6-5-15-10)12-4-3-9(13)7-11(12)14/h3-4,7,10,15H,2,5-6,8H2,1H3. The van der Waals surface area contributed by atoms with E-state index < -0.39 is 0 Å². The highest BCUT2D eigenvalue weighted by molar-refractivity contribution is 9.11. The van der Waals surface area contributed by atoms with Crippen LogP contribution in [0.1, 0.15) is 13.3 Å². The molecule has 0 bridgehead atoms. The lowest BCUT2D eigenvalue weighted by atomic mass is 10.1. The van der Waals surface area contributed by atoms with Gasteiger partial charge in [-0.05, 0) is 40.5 Å². The van der Waals surface area contributed by atoms with Crippen LogP contribution in [0.15, 0.2) is 27.1 Å². The van der Waals surface area contributed by atoms with Crippen molar-refractivity contribution in [1.29, 1.82) is 0 Å². The maximum Gasteiger partial charge on any atom is 0.0512 e. The van der Waals surface area contributed by atoms with E-state index in [4.69, 9.17) is 0 Å². The van der Waals surface area contributed by atoms with Crippen molar-refractivity contribution in [2.75, 3.05) is 24.5 Å². The van der Waals surface area contributed by atoms with E-state index in [9.17, 15) is 0 Å². The summed E-state index contributed by atoms with van der Waals surface area (Å²) in [4.78, 5) is 2.45. The summed E-state index contributed by atoms with van der Waals surface area (Å²) in [7, 11) is 0. The lowest BCUT2D eigenvalue weighted by Gasteiger charge is -2.35. The molecule has 16 heavy (non-hydrogen) atoms. The Kier molecular flexibility index (Phi) is 4.27. The molecule has 1 aromatic rings. The molecule has 1 aliphatic heterocycles. The predicted molar refractivity (Wildman–Crippen MR) is 76.1 cm³/mol. The molecule has 0 saturated carbocycles. The molecule has 0 amide bonds. The van der Waals surface area contributed by atoms with Gasteiger partial charge in [0.25, 0.3) is 0 Å². The van der Waals surface area contributed by atoms with E-state index in [2.05, 4.69) is 67.2 Å². The molecule has 1 aromatic carbocycles. The summed E-state index contributed by atoms with van der Waals surface area (Å²) in [6.07, 6.45) is 1.19. The van der Waals surface area contributed by atoms with Crippen LogP contribution in [0.5, 0.6) is 0 Å². The molecule has 2 rings (SSSR count). The summed E-state index contributed by atoms with van der Waals surface area (Å²) >= 11 is 7.12. The monoisotopic (exact) mass is 346 g/mol. The SMILES string of the molecule is CCC1CN(c2ccc(Br)cc2Br)CCN1. The highest BCUT2D eigenvalue weighted by Gasteiger charge is 2.19. The van der Waals surface area contributed by atoms with Crippen LogP contribution in [0.25, 0.3) is 0 Å². The molecule has 0 aliphatic carbocycles. The Bertz CT molecular complexity index is 368. The van der Waals surface area contributed by atoms with Crippen LogP contribution >= 0.6 is 31.9 Å². The summed E-state index contributed by atoms with van der Waals surface area (Å²) in [5.41, 5.74) is 1.29. The van der Waals surface area contributed by atoms with E-state index in [1.807, 2.05) is 0 Å². The van der Waals surface area contributed by atoms with E-state index in [1.165, 1.54) is 16.6 Å². The maximum absolute atomic E-state index is 3.63. The van der Waals surface area contributed by atoms with Gasteiger partial charge in [-0.1, -0.05) is 22.9 Å². The van der Waals surface area contributed by atoms with Gasteiger partial charge in [0.05, 0.1) is 5.69 Å². The molecule has 1 unspecified atom stereocenters. The lowest BCUT2D eigenvalue weighted by Crippen LogP contribution is -2.50. The molecule has 1 saturated heterocycles. The lowest BCUT2D eigenvalue weighted by molar-refractivity contribution is 0.446. The number of anilines is 1. The minimum Gasteiger partial charge on any atom is -0.368 e. The summed E-state index contributed by atoms with van der Waals surface area (Å²) < 4.78 is 2.28. The van der Waals surface area contributed by atoms with Crippen molar-refractivity contribution in [3.63, 3.8) is 0 Å². The third kappa shape index (κ3) is 2.79. The Balaban J connectivity index is 2.16. The van der Waals surface area contributed by atoms with Crippen molar-refractivity contribution in [3.05, 3.63) is 27.1 Å². The Hall–Kier alpha value is -0.0600. The molecule has 2 nitrogen and oxygen atoms in total. The maximum atomic E-state index is 3.63. The Morgan fingerprint density at radius 3 is 2.94 bits per heavy atom. The summed E-state index contributed by atoms with van der Waals surface area (Å²) in [5, 5.41) is 3.53. The second-order valence-electron chi connectivity index (χ2n) is 4.10. The van der Waals surface area contributed by atoms with Crippen LogP contribution in [0.2, 0.25) is 0 Å². The molecule has 1 aliphatic rings. The number of rotatable bonds is 2. The average Bonchev–Trinajstić information content (AvgIpc) is 2.29. The molecular weight excluding hydrogens is 332 g/mol. The van der Waals surface area contributed by atoms with Crippen molar-refractivity contribution in [2.45, 2.75) is 19.4 Å². The fourth-order valence-corrected chi connectivity index (χ4v) is 3.35. The van der Waals surface area contributed by atoms with Gasteiger partial charge in [-0.3, -0.25) is 0 Å². The minimum atomic E-state index is 0.615. The molecule has 0 aromatic heterocycles. The number of nitrogens with one attached hydrogen (secondary N) is 1. The fourth-order valence-electron chi connectivity index (χ4n) is 2.06. The molecule has 4 heteroatoms. The zero-order valence-corrected chi connectivity index (χ0v) is 12.5. The van der Waals surface area contributed by atoms with Gasteiger partial charge >= 0.3 is 0 Å².